The van der Waals surface area contributed by atoms with Gasteiger partial charge >= 0.3 is 6.09 Å². The highest BCUT2D eigenvalue weighted by Gasteiger charge is 2.12. The van der Waals surface area contributed by atoms with Gasteiger partial charge in [0.1, 0.15) is 5.60 Å². The molecular weight excluding hydrogens is 106 g/mol. The first-order valence-electron chi connectivity index (χ1n) is 2.36. The molecule has 1 amide bonds. The van der Waals surface area contributed by atoms with Crippen molar-refractivity contribution in [2.24, 2.45) is 0 Å². The normalized spacial score (nSPS) is 10.9. The summed E-state index contributed by atoms with van der Waals surface area (Å²) in [5, 5.41) is 0. The Morgan fingerprint density at radius 3 is 1.88 bits per heavy atom. The Bertz CT molecular complexity index is 93.1. The van der Waals surface area contributed by atoms with Crippen LogP contribution < -0.4 is 5.73 Å². The molecule has 0 aromatic rings. The average Bonchev–Trinajstić information content (AvgIpc) is 1.21. The van der Waals surface area contributed by atoms with Crippen LogP contribution in [-0.4, -0.2) is 11.7 Å². The fraction of sp³-hybridized carbons (Fsp3) is 0.800. The standard InChI is InChI=1S/C5H10NO2/c1-5(2,3)8-4(6)7/h6H,1-3H3. The van der Waals surface area contributed by atoms with Gasteiger partial charge in [0.15, 0.2) is 0 Å². The molecule has 0 bridgehead atoms. The first kappa shape index (κ1) is 7.27. The smallest absolute Gasteiger partial charge is 0.426 e. The molecule has 0 saturated carbocycles. The highest BCUT2D eigenvalue weighted by Crippen LogP contribution is 2.05. The van der Waals surface area contributed by atoms with Gasteiger partial charge in [0.25, 0.3) is 0 Å². The van der Waals surface area contributed by atoms with E-state index >= 15 is 0 Å². The molecule has 3 heteroatoms. The molecule has 8 heavy (non-hydrogen) atoms. The molecule has 1 N–H and O–H groups in total. The minimum absolute atomic E-state index is 0.515. The highest BCUT2D eigenvalue weighted by molar-refractivity contribution is 5.64. The molecule has 0 aliphatic heterocycles. The summed E-state index contributed by atoms with van der Waals surface area (Å²) in [6.07, 6.45) is -0.975. The number of rotatable bonds is 0. The fourth-order valence-corrected chi connectivity index (χ4v) is 0.278. The van der Waals surface area contributed by atoms with Crippen molar-refractivity contribution in [3.05, 3.63) is 0 Å². The van der Waals surface area contributed by atoms with Crippen LogP contribution in [0.15, 0.2) is 0 Å². The summed E-state index contributed by atoms with van der Waals surface area (Å²) in [4.78, 5) is 9.90. The van der Waals surface area contributed by atoms with E-state index in [1.54, 1.807) is 20.8 Å². The quantitative estimate of drug-likeness (QED) is 0.477. The number of hydrogen-bond donors (Lipinski definition) is 0. The van der Waals surface area contributed by atoms with E-state index in [1.165, 1.54) is 0 Å². The SMILES string of the molecule is CC(C)(C)OC([NH])=O. The van der Waals surface area contributed by atoms with Gasteiger partial charge in [-0.2, -0.15) is 0 Å². The monoisotopic (exact) mass is 116 g/mol. The number of nitrogens with one attached hydrogen (secondary N) is 1. The molecule has 0 aromatic heterocycles. The van der Waals surface area contributed by atoms with Crippen LogP contribution in [0.25, 0.3) is 0 Å². The maximum absolute atomic E-state index is 9.90. The molecule has 0 fully saturated rings. The Balaban J connectivity index is 3.55. The lowest BCUT2D eigenvalue weighted by atomic mass is 10.2. The number of hydrogen-bond acceptors (Lipinski definition) is 2. The Labute approximate surface area is 48.8 Å². The van der Waals surface area contributed by atoms with Gasteiger partial charge in [0.05, 0.1) is 0 Å². The third-order valence-electron chi connectivity index (χ3n) is 0.399. The van der Waals surface area contributed by atoms with Crippen molar-refractivity contribution in [3.63, 3.8) is 0 Å². The van der Waals surface area contributed by atoms with Crippen LogP contribution in [0.1, 0.15) is 20.8 Å². The van der Waals surface area contributed by atoms with Crippen LogP contribution in [0.2, 0.25) is 0 Å². The van der Waals surface area contributed by atoms with Crippen molar-refractivity contribution in [2.45, 2.75) is 26.4 Å². The summed E-state index contributed by atoms with van der Waals surface area (Å²) in [6.45, 7) is 5.16. The van der Waals surface area contributed by atoms with E-state index < -0.39 is 11.7 Å². The minimum atomic E-state index is -0.975. The van der Waals surface area contributed by atoms with Gasteiger partial charge in [0, 0.05) is 0 Å². The van der Waals surface area contributed by atoms with Crippen LogP contribution in [0.4, 0.5) is 4.79 Å². The predicted octanol–water partition coefficient (Wildman–Crippen LogP) is 1.20. The zero-order valence-electron chi connectivity index (χ0n) is 5.32. The van der Waals surface area contributed by atoms with Crippen molar-refractivity contribution in [3.8, 4) is 0 Å². The fourth-order valence-electron chi connectivity index (χ4n) is 0.278. The summed E-state index contributed by atoms with van der Waals surface area (Å²) < 4.78 is 4.47. The van der Waals surface area contributed by atoms with Crippen LogP contribution in [-0.2, 0) is 4.74 Å². The molecule has 47 valence electrons. The first-order valence-corrected chi connectivity index (χ1v) is 2.36. The van der Waals surface area contributed by atoms with Gasteiger partial charge in [0.2, 0.25) is 0 Å². The Kier molecular flexibility index (Phi) is 1.84. The molecule has 0 aromatic carbocycles. The second kappa shape index (κ2) is 2.03. The molecule has 0 atom stereocenters. The largest absolute Gasteiger partial charge is 0.443 e. The van der Waals surface area contributed by atoms with Crippen molar-refractivity contribution < 1.29 is 9.53 Å². The third-order valence-corrected chi connectivity index (χ3v) is 0.399. The number of amides is 1. The summed E-state index contributed by atoms with van der Waals surface area (Å²) in [6, 6.07) is 0. The molecule has 3 nitrogen and oxygen atoms in total. The molecular formula is C5H10NO2. The van der Waals surface area contributed by atoms with Gasteiger partial charge in [-0.15, -0.1) is 0 Å². The maximum atomic E-state index is 9.90. The van der Waals surface area contributed by atoms with Crippen LogP contribution in [0, 0.1) is 0 Å². The molecule has 0 saturated heterocycles. The number of carbonyl (C=O) groups excluding carboxylic acids is 1. The first-order chi connectivity index (χ1) is 3.42. The zero-order chi connectivity index (χ0) is 6.78. The summed E-state index contributed by atoms with van der Waals surface area (Å²) in [5.74, 6) is 0. The van der Waals surface area contributed by atoms with Crippen molar-refractivity contribution in [1.29, 1.82) is 0 Å². The van der Waals surface area contributed by atoms with Crippen LogP contribution in [0.5, 0.6) is 0 Å². The summed E-state index contributed by atoms with van der Waals surface area (Å²) in [7, 11) is 0. The van der Waals surface area contributed by atoms with E-state index in [9.17, 15) is 4.79 Å². The van der Waals surface area contributed by atoms with Crippen LogP contribution >= 0.6 is 0 Å². The van der Waals surface area contributed by atoms with Crippen molar-refractivity contribution in [2.75, 3.05) is 0 Å². The van der Waals surface area contributed by atoms with E-state index in [0.29, 0.717) is 0 Å². The molecule has 0 aliphatic carbocycles. The highest BCUT2D eigenvalue weighted by atomic mass is 16.6. The second-order valence-electron chi connectivity index (χ2n) is 2.50. The minimum Gasteiger partial charge on any atom is -0.443 e. The van der Waals surface area contributed by atoms with Crippen molar-refractivity contribution in [1.82, 2.24) is 5.73 Å². The van der Waals surface area contributed by atoms with Crippen LogP contribution in [0.3, 0.4) is 0 Å². The van der Waals surface area contributed by atoms with Gasteiger partial charge in [-0.05, 0) is 20.8 Å². The zero-order valence-corrected chi connectivity index (χ0v) is 5.32. The lowest BCUT2D eigenvalue weighted by molar-refractivity contribution is 0.0587. The van der Waals surface area contributed by atoms with Gasteiger partial charge in [-0.3, -0.25) is 0 Å². The number of ether oxygens (including phenoxy) is 1. The van der Waals surface area contributed by atoms with Gasteiger partial charge in [-0.1, -0.05) is 0 Å². The Morgan fingerprint density at radius 1 is 1.50 bits per heavy atom. The third kappa shape index (κ3) is 5.27. The van der Waals surface area contributed by atoms with Gasteiger partial charge in [-0.25, -0.2) is 10.5 Å². The lowest BCUT2D eigenvalue weighted by Gasteiger charge is -2.16. The molecule has 0 rings (SSSR count). The molecule has 1 radical (unpaired) electrons. The van der Waals surface area contributed by atoms with E-state index in [1.807, 2.05) is 0 Å². The number of carbonyl (C=O) groups is 1. The predicted molar refractivity (Wildman–Crippen MR) is 29.3 cm³/mol. The average molecular weight is 116 g/mol. The van der Waals surface area contributed by atoms with Crippen molar-refractivity contribution >= 4 is 6.09 Å². The summed E-state index contributed by atoms with van der Waals surface area (Å²) >= 11 is 0. The second-order valence-corrected chi connectivity index (χ2v) is 2.50. The Morgan fingerprint density at radius 2 is 1.88 bits per heavy atom. The molecule has 0 heterocycles. The summed E-state index contributed by atoms with van der Waals surface area (Å²) in [5.41, 5.74) is 5.86. The molecule has 0 aliphatic rings. The maximum Gasteiger partial charge on any atom is 0.426 e. The van der Waals surface area contributed by atoms with E-state index in [0.717, 1.165) is 0 Å². The van der Waals surface area contributed by atoms with Gasteiger partial charge < -0.3 is 4.74 Å². The Hall–Kier alpha value is -0.730. The van der Waals surface area contributed by atoms with E-state index in [4.69, 9.17) is 5.73 Å². The lowest BCUT2D eigenvalue weighted by Crippen LogP contribution is -2.23. The topological polar surface area (TPSA) is 50.1 Å². The van der Waals surface area contributed by atoms with E-state index in [2.05, 4.69) is 4.74 Å². The van der Waals surface area contributed by atoms with E-state index in [-0.39, 0.29) is 0 Å². The molecule has 0 spiro atoms. The molecule has 0 unspecified atom stereocenters.